The Morgan fingerprint density at radius 3 is 3.00 bits per heavy atom. The van der Waals surface area contributed by atoms with E-state index in [0.717, 1.165) is 36.9 Å². The molecule has 8 heteroatoms. The molecule has 1 aliphatic heterocycles. The molecule has 7 nitrogen and oxygen atoms in total. The maximum atomic E-state index is 11.6. The highest BCUT2D eigenvalue weighted by atomic mass is 32.1. The quantitative estimate of drug-likeness (QED) is 0.926. The summed E-state index contributed by atoms with van der Waals surface area (Å²) >= 11 is 1.47. The molecular weight excluding hydrogens is 312 g/mol. The molecule has 1 atom stereocenters. The Morgan fingerprint density at radius 2 is 2.30 bits per heavy atom. The maximum absolute atomic E-state index is 11.6. The van der Waals surface area contributed by atoms with Crippen molar-refractivity contribution in [3.8, 4) is 0 Å². The van der Waals surface area contributed by atoms with Crippen LogP contribution in [0.5, 0.6) is 0 Å². The number of rotatable bonds is 4. The van der Waals surface area contributed by atoms with Gasteiger partial charge in [0, 0.05) is 43.8 Å². The summed E-state index contributed by atoms with van der Waals surface area (Å²) in [4.78, 5) is 18.6. The molecule has 3 rings (SSSR count). The lowest BCUT2D eigenvalue weighted by molar-refractivity contribution is 0.0957. The summed E-state index contributed by atoms with van der Waals surface area (Å²) in [6.45, 7) is 6.05. The van der Waals surface area contributed by atoms with Crippen molar-refractivity contribution < 1.29 is 4.79 Å². The van der Waals surface area contributed by atoms with Gasteiger partial charge in [-0.3, -0.25) is 9.48 Å². The van der Waals surface area contributed by atoms with Crippen molar-refractivity contribution in [1.29, 1.82) is 0 Å². The Morgan fingerprint density at radius 1 is 1.48 bits per heavy atom. The Labute approximate surface area is 139 Å². The van der Waals surface area contributed by atoms with E-state index in [2.05, 4.69) is 38.5 Å². The second-order valence-electron chi connectivity index (χ2n) is 6.09. The molecule has 1 amide bonds. The van der Waals surface area contributed by atoms with Crippen LogP contribution in [0.25, 0.3) is 0 Å². The summed E-state index contributed by atoms with van der Waals surface area (Å²) in [5.74, 6) is 1.11. The number of hydrogen-bond acceptors (Lipinski definition) is 6. The van der Waals surface area contributed by atoms with Crippen LogP contribution in [0.3, 0.4) is 0 Å². The minimum Gasteiger partial charge on any atom is -0.354 e. The molecule has 124 valence electrons. The van der Waals surface area contributed by atoms with E-state index in [0.29, 0.717) is 11.6 Å². The summed E-state index contributed by atoms with van der Waals surface area (Å²) in [5.41, 5.74) is 0.461. The van der Waals surface area contributed by atoms with E-state index in [-0.39, 0.29) is 11.9 Å². The van der Waals surface area contributed by atoms with Crippen LogP contribution < -0.4 is 10.2 Å². The largest absolute Gasteiger partial charge is 0.354 e. The van der Waals surface area contributed by atoms with E-state index in [1.54, 1.807) is 13.1 Å². The minimum atomic E-state index is -0.151. The van der Waals surface area contributed by atoms with Crippen LogP contribution in [0, 0.1) is 0 Å². The highest BCUT2D eigenvalue weighted by molar-refractivity contribution is 7.09. The molecule has 0 aliphatic carbocycles. The number of hydrogen-bond donors (Lipinski definition) is 1. The third-order valence-corrected chi connectivity index (χ3v) is 4.85. The minimum absolute atomic E-state index is 0.151. The molecule has 23 heavy (non-hydrogen) atoms. The normalized spacial score (nSPS) is 18.4. The predicted molar refractivity (Wildman–Crippen MR) is 90.1 cm³/mol. The lowest BCUT2D eigenvalue weighted by Crippen LogP contribution is -2.37. The third kappa shape index (κ3) is 3.36. The molecule has 0 bridgehead atoms. The zero-order chi connectivity index (χ0) is 16.4. The van der Waals surface area contributed by atoms with Gasteiger partial charge in [0.25, 0.3) is 5.91 Å². The van der Waals surface area contributed by atoms with Crippen molar-refractivity contribution in [2.45, 2.75) is 38.6 Å². The first-order chi connectivity index (χ1) is 11.1. The van der Waals surface area contributed by atoms with Crippen molar-refractivity contribution in [2.75, 3.05) is 25.0 Å². The second-order valence-corrected chi connectivity index (χ2v) is 6.82. The highest BCUT2D eigenvalue weighted by Crippen LogP contribution is 2.28. The molecule has 0 unspecified atom stereocenters. The van der Waals surface area contributed by atoms with Gasteiger partial charge in [-0.25, -0.2) is 4.98 Å². The first-order valence-electron chi connectivity index (χ1n) is 7.94. The molecule has 3 heterocycles. The van der Waals surface area contributed by atoms with Gasteiger partial charge in [-0.1, -0.05) is 13.8 Å². The number of carbonyl (C=O) groups excluding carboxylic acids is 1. The fourth-order valence-electron chi connectivity index (χ4n) is 2.72. The zero-order valence-corrected chi connectivity index (χ0v) is 14.5. The number of piperidine rings is 1. The van der Waals surface area contributed by atoms with E-state index in [1.165, 1.54) is 11.5 Å². The Bertz CT molecular complexity index is 679. The summed E-state index contributed by atoms with van der Waals surface area (Å²) in [6.07, 6.45) is 4.02. The lowest BCUT2D eigenvalue weighted by atomic mass is 10.1. The van der Waals surface area contributed by atoms with Gasteiger partial charge in [0.05, 0.1) is 6.04 Å². The molecule has 0 spiro atoms. The lowest BCUT2D eigenvalue weighted by Gasteiger charge is -2.32. The number of nitrogens with one attached hydrogen (secondary N) is 1. The second kappa shape index (κ2) is 6.66. The van der Waals surface area contributed by atoms with Crippen LogP contribution in [0.1, 0.15) is 55.0 Å². The van der Waals surface area contributed by atoms with Gasteiger partial charge < -0.3 is 10.2 Å². The van der Waals surface area contributed by atoms with Crippen LogP contribution in [-0.2, 0) is 0 Å². The van der Waals surface area contributed by atoms with Gasteiger partial charge in [0.15, 0.2) is 0 Å². The molecule has 1 aliphatic rings. The van der Waals surface area contributed by atoms with Crippen molar-refractivity contribution in [3.63, 3.8) is 0 Å². The molecule has 2 aromatic rings. The van der Waals surface area contributed by atoms with Gasteiger partial charge in [-0.15, -0.1) is 0 Å². The highest BCUT2D eigenvalue weighted by Gasteiger charge is 2.25. The number of carbonyl (C=O) groups is 1. The van der Waals surface area contributed by atoms with Crippen LogP contribution in [0.4, 0.5) is 5.13 Å². The first-order valence-corrected chi connectivity index (χ1v) is 8.71. The number of anilines is 1. The molecule has 0 saturated carbocycles. The summed E-state index contributed by atoms with van der Waals surface area (Å²) in [5, 5.41) is 8.00. The number of amides is 1. The molecule has 1 fully saturated rings. The van der Waals surface area contributed by atoms with E-state index in [9.17, 15) is 4.79 Å². The predicted octanol–water partition coefficient (Wildman–Crippen LogP) is 2.06. The topological polar surface area (TPSA) is 75.9 Å². The summed E-state index contributed by atoms with van der Waals surface area (Å²) < 4.78 is 6.34. The van der Waals surface area contributed by atoms with Crippen molar-refractivity contribution >= 4 is 22.6 Å². The molecule has 2 aromatic heterocycles. The van der Waals surface area contributed by atoms with Crippen molar-refractivity contribution in [3.05, 3.63) is 23.8 Å². The summed E-state index contributed by atoms with van der Waals surface area (Å²) in [6, 6.07) is 2.02. The molecule has 0 aromatic carbocycles. The van der Waals surface area contributed by atoms with E-state index in [4.69, 9.17) is 0 Å². The average molecular weight is 334 g/mol. The standard InChI is InChI=1S/C15H22N6OS/c1-10(2)13-17-15(23-19-13)20-7-4-5-11(9-20)21-8-6-12(18-21)14(22)16-3/h6,8,10-11H,4-5,7,9H2,1-3H3,(H,16,22)/t11-/m1/s1. The number of nitrogens with zero attached hydrogens (tertiary/aromatic N) is 5. The van der Waals surface area contributed by atoms with Crippen LogP contribution in [0.2, 0.25) is 0 Å². The first kappa shape index (κ1) is 15.9. The van der Waals surface area contributed by atoms with Crippen LogP contribution in [0.15, 0.2) is 12.3 Å². The molecule has 1 saturated heterocycles. The van der Waals surface area contributed by atoms with Gasteiger partial charge in [0.1, 0.15) is 11.5 Å². The fourth-order valence-corrected chi connectivity index (χ4v) is 3.57. The van der Waals surface area contributed by atoms with Gasteiger partial charge >= 0.3 is 0 Å². The SMILES string of the molecule is CNC(=O)c1ccn([C@@H]2CCCN(c3nc(C(C)C)ns3)C2)n1. The maximum Gasteiger partial charge on any atom is 0.271 e. The Kier molecular flexibility index (Phi) is 4.61. The van der Waals surface area contributed by atoms with Crippen molar-refractivity contribution in [2.24, 2.45) is 0 Å². The number of aromatic nitrogens is 4. The Balaban J connectivity index is 1.72. The van der Waals surface area contributed by atoms with Crippen LogP contribution >= 0.6 is 11.5 Å². The smallest absolute Gasteiger partial charge is 0.271 e. The zero-order valence-electron chi connectivity index (χ0n) is 13.7. The third-order valence-electron chi connectivity index (χ3n) is 4.06. The molecule has 0 radical (unpaired) electrons. The van der Waals surface area contributed by atoms with Gasteiger partial charge in [0.2, 0.25) is 5.13 Å². The van der Waals surface area contributed by atoms with E-state index >= 15 is 0 Å². The van der Waals surface area contributed by atoms with E-state index < -0.39 is 0 Å². The molecular formula is C15H22N6OS. The fraction of sp³-hybridized carbons (Fsp3) is 0.600. The average Bonchev–Trinajstić information content (AvgIpc) is 3.23. The molecule has 1 N–H and O–H groups in total. The van der Waals surface area contributed by atoms with Crippen molar-refractivity contribution in [1.82, 2.24) is 24.5 Å². The monoisotopic (exact) mass is 334 g/mol. The van der Waals surface area contributed by atoms with Gasteiger partial charge in [-0.2, -0.15) is 9.47 Å². The summed E-state index contributed by atoms with van der Waals surface area (Å²) in [7, 11) is 1.62. The van der Waals surface area contributed by atoms with E-state index in [1.807, 2.05) is 10.9 Å². The Hall–Kier alpha value is -1.96. The van der Waals surface area contributed by atoms with Gasteiger partial charge in [-0.05, 0) is 18.9 Å². The van der Waals surface area contributed by atoms with Crippen LogP contribution in [-0.4, -0.2) is 45.2 Å².